The SMILES string of the molecule is COc1ccc2cc(CN(C(=O)[C@H]3CCCO3)c3ccc(C)cc3)c(=O)[nH]c2c1. The highest BCUT2D eigenvalue weighted by Gasteiger charge is 2.29. The molecule has 0 spiro atoms. The summed E-state index contributed by atoms with van der Waals surface area (Å²) in [6.45, 7) is 2.77. The molecule has 6 heteroatoms. The fraction of sp³-hybridized carbons (Fsp3) is 0.304. The van der Waals surface area contributed by atoms with E-state index in [2.05, 4.69) is 4.98 Å². The van der Waals surface area contributed by atoms with Crippen molar-refractivity contribution in [3.05, 3.63) is 70.0 Å². The van der Waals surface area contributed by atoms with Crippen LogP contribution in [0.5, 0.6) is 5.75 Å². The number of ether oxygens (including phenoxy) is 2. The minimum absolute atomic E-state index is 0.111. The first kappa shape index (κ1) is 19.2. The van der Waals surface area contributed by atoms with Gasteiger partial charge in [-0.1, -0.05) is 17.7 Å². The van der Waals surface area contributed by atoms with Crippen molar-refractivity contribution >= 4 is 22.5 Å². The molecule has 6 nitrogen and oxygen atoms in total. The molecule has 1 amide bonds. The Morgan fingerprint density at radius 2 is 2.00 bits per heavy atom. The third-order valence-corrected chi connectivity index (χ3v) is 5.28. The molecule has 2 heterocycles. The molecule has 0 aliphatic carbocycles. The van der Waals surface area contributed by atoms with E-state index in [1.165, 1.54) is 0 Å². The van der Waals surface area contributed by atoms with Crippen LogP contribution in [-0.4, -0.2) is 30.7 Å². The Hall–Kier alpha value is -3.12. The number of carbonyl (C=O) groups excluding carboxylic acids is 1. The van der Waals surface area contributed by atoms with Crippen LogP contribution >= 0.6 is 0 Å². The summed E-state index contributed by atoms with van der Waals surface area (Å²) < 4.78 is 10.8. The third kappa shape index (κ3) is 4.03. The zero-order valence-corrected chi connectivity index (χ0v) is 16.6. The maximum Gasteiger partial charge on any atom is 0.256 e. The number of hydrogen-bond donors (Lipinski definition) is 1. The maximum atomic E-state index is 13.2. The maximum absolute atomic E-state index is 13.2. The van der Waals surface area contributed by atoms with Gasteiger partial charge in [0.15, 0.2) is 0 Å². The Morgan fingerprint density at radius 3 is 2.69 bits per heavy atom. The van der Waals surface area contributed by atoms with E-state index in [0.717, 1.165) is 23.1 Å². The third-order valence-electron chi connectivity index (χ3n) is 5.28. The predicted octanol–water partition coefficient (Wildman–Crippen LogP) is 3.56. The Kier molecular flexibility index (Phi) is 5.36. The molecule has 1 atom stereocenters. The van der Waals surface area contributed by atoms with Crippen LogP contribution in [0.25, 0.3) is 10.9 Å². The van der Waals surface area contributed by atoms with Crippen LogP contribution in [0.3, 0.4) is 0 Å². The van der Waals surface area contributed by atoms with Gasteiger partial charge in [-0.05, 0) is 55.5 Å². The molecule has 150 valence electrons. The molecule has 1 aliphatic rings. The van der Waals surface area contributed by atoms with Crippen LogP contribution in [-0.2, 0) is 16.1 Å². The lowest BCUT2D eigenvalue weighted by Crippen LogP contribution is -2.39. The van der Waals surface area contributed by atoms with Gasteiger partial charge in [0.2, 0.25) is 0 Å². The van der Waals surface area contributed by atoms with Crippen molar-refractivity contribution < 1.29 is 14.3 Å². The zero-order chi connectivity index (χ0) is 20.4. The fourth-order valence-electron chi connectivity index (χ4n) is 3.61. The quantitative estimate of drug-likeness (QED) is 0.721. The smallest absolute Gasteiger partial charge is 0.256 e. The molecule has 1 N–H and O–H groups in total. The van der Waals surface area contributed by atoms with Crippen molar-refractivity contribution in [2.45, 2.75) is 32.4 Å². The Labute approximate surface area is 169 Å². The van der Waals surface area contributed by atoms with Crippen LogP contribution in [0.2, 0.25) is 0 Å². The van der Waals surface area contributed by atoms with Gasteiger partial charge in [0.1, 0.15) is 11.9 Å². The van der Waals surface area contributed by atoms with E-state index in [1.54, 1.807) is 18.1 Å². The van der Waals surface area contributed by atoms with Gasteiger partial charge in [-0.2, -0.15) is 0 Å². The number of aryl methyl sites for hydroxylation is 1. The number of methoxy groups -OCH3 is 1. The second kappa shape index (κ2) is 8.09. The van der Waals surface area contributed by atoms with Crippen molar-refractivity contribution in [1.82, 2.24) is 4.98 Å². The lowest BCUT2D eigenvalue weighted by molar-refractivity contribution is -0.127. The number of nitrogens with zero attached hydrogens (tertiary/aromatic N) is 1. The fourth-order valence-corrected chi connectivity index (χ4v) is 3.61. The standard InChI is InChI=1S/C23H24N2O4/c1-15-5-8-18(9-6-15)25(23(27)21-4-3-11-29-21)14-17-12-16-7-10-19(28-2)13-20(16)24-22(17)26/h5-10,12-13,21H,3-4,11,14H2,1-2H3,(H,24,26)/t21-/m1/s1. The van der Waals surface area contributed by atoms with Crippen LogP contribution in [0.4, 0.5) is 5.69 Å². The molecule has 0 bridgehead atoms. The average Bonchev–Trinajstić information content (AvgIpc) is 3.27. The number of aromatic nitrogens is 1. The number of carbonyl (C=O) groups is 1. The average molecular weight is 392 g/mol. The first-order valence-electron chi connectivity index (χ1n) is 9.75. The first-order valence-corrected chi connectivity index (χ1v) is 9.75. The van der Waals surface area contributed by atoms with Gasteiger partial charge in [-0.15, -0.1) is 0 Å². The van der Waals surface area contributed by atoms with Crippen molar-refractivity contribution in [3.63, 3.8) is 0 Å². The van der Waals surface area contributed by atoms with Crippen molar-refractivity contribution in [2.75, 3.05) is 18.6 Å². The Morgan fingerprint density at radius 1 is 1.21 bits per heavy atom. The van der Waals surface area contributed by atoms with E-state index in [9.17, 15) is 9.59 Å². The topological polar surface area (TPSA) is 71.6 Å². The monoisotopic (exact) mass is 392 g/mol. The van der Waals surface area contributed by atoms with Gasteiger partial charge >= 0.3 is 0 Å². The van der Waals surface area contributed by atoms with Crippen LogP contribution < -0.4 is 15.2 Å². The Bertz CT molecular complexity index is 1080. The van der Waals surface area contributed by atoms with Gasteiger partial charge in [0.05, 0.1) is 19.2 Å². The van der Waals surface area contributed by atoms with E-state index in [1.807, 2.05) is 49.4 Å². The summed E-state index contributed by atoms with van der Waals surface area (Å²) in [5.74, 6) is 0.566. The van der Waals surface area contributed by atoms with E-state index in [0.29, 0.717) is 29.9 Å². The molecular weight excluding hydrogens is 368 g/mol. The highest BCUT2D eigenvalue weighted by Crippen LogP contribution is 2.24. The highest BCUT2D eigenvalue weighted by atomic mass is 16.5. The minimum Gasteiger partial charge on any atom is -0.497 e. The van der Waals surface area contributed by atoms with Crippen molar-refractivity contribution in [2.24, 2.45) is 0 Å². The first-order chi connectivity index (χ1) is 14.0. The molecule has 4 rings (SSSR count). The molecule has 0 unspecified atom stereocenters. The van der Waals surface area contributed by atoms with Gasteiger partial charge < -0.3 is 19.4 Å². The summed E-state index contributed by atoms with van der Waals surface area (Å²) >= 11 is 0. The normalized spacial score (nSPS) is 16.1. The molecule has 1 aliphatic heterocycles. The van der Waals surface area contributed by atoms with E-state index in [-0.39, 0.29) is 18.0 Å². The largest absolute Gasteiger partial charge is 0.497 e. The summed E-state index contributed by atoms with van der Waals surface area (Å²) in [6.07, 6.45) is 1.12. The number of hydrogen-bond acceptors (Lipinski definition) is 4. The number of amides is 1. The van der Waals surface area contributed by atoms with Gasteiger partial charge in [-0.3, -0.25) is 9.59 Å². The lowest BCUT2D eigenvalue weighted by Gasteiger charge is -2.25. The number of anilines is 1. The zero-order valence-electron chi connectivity index (χ0n) is 16.6. The van der Waals surface area contributed by atoms with Crippen LogP contribution in [0.15, 0.2) is 53.3 Å². The Balaban J connectivity index is 1.71. The summed E-state index contributed by atoms with van der Waals surface area (Å²) in [5.41, 5.74) is 2.86. The number of H-pyrrole nitrogens is 1. The molecule has 0 radical (unpaired) electrons. The minimum atomic E-state index is -0.458. The lowest BCUT2D eigenvalue weighted by atomic mass is 10.1. The van der Waals surface area contributed by atoms with Gasteiger partial charge in [0.25, 0.3) is 11.5 Å². The van der Waals surface area contributed by atoms with Crippen molar-refractivity contribution in [1.29, 1.82) is 0 Å². The molecule has 1 saturated heterocycles. The number of aromatic amines is 1. The molecule has 2 aromatic carbocycles. The van der Waals surface area contributed by atoms with E-state index in [4.69, 9.17) is 9.47 Å². The number of benzene rings is 2. The molecule has 1 aromatic heterocycles. The number of pyridine rings is 1. The summed E-state index contributed by atoms with van der Waals surface area (Å²) in [7, 11) is 1.59. The highest BCUT2D eigenvalue weighted by molar-refractivity contribution is 5.96. The predicted molar refractivity (Wildman–Crippen MR) is 112 cm³/mol. The van der Waals surface area contributed by atoms with Crippen molar-refractivity contribution in [3.8, 4) is 5.75 Å². The molecule has 3 aromatic rings. The van der Waals surface area contributed by atoms with E-state index < -0.39 is 6.10 Å². The number of nitrogens with one attached hydrogen (secondary N) is 1. The van der Waals surface area contributed by atoms with Crippen LogP contribution in [0.1, 0.15) is 24.0 Å². The second-order valence-electron chi connectivity index (χ2n) is 7.34. The molecule has 0 saturated carbocycles. The second-order valence-corrected chi connectivity index (χ2v) is 7.34. The number of rotatable bonds is 5. The summed E-state index contributed by atoms with van der Waals surface area (Å²) in [4.78, 5) is 30.4. The van der Waals surface area contributed by atoms with Gasteiger partial charge in [-0.25, -0.2) is 0 Å². The summed E-state index contributed by atoms with van der Waals surface area (Å²) in [5, 5.41) is 0.883. The molecular formula is C23H24N2O4. The molecule has 29 heavy (non-hydrogen) atoms. The van der Waals surface area contributed by atoms with E-state index >= 15 is 0 Å². The molecule has 1 fully saturated rings. The van der Waals surface area contributed by atoms with Gasteiger partial charge in [0, 0.05) is 23.9 Å². The number of fused-ring (bicyclic) bond motifs is 1. The van der Waals surface area contributed by atoms with Crippen LogP contribution in [0, 0.1) is 6.92 Å². The summed E-state index contributed by atoms with van der Waals surface area (Å²) in [6, 6.07) is 15.1.